The molecule has 3 aromatic carbocycles. The van der Waals surface area contributed by atoms with E-state index in [2.05, 4.69) is 60.7 Å². The van der Waals surface area contributed by atoms with Gasteiger partial charge in [-0.25, -0.2) is 0 Å². The molecule has 3 heteroatoms. The molecule has 0 aliphatic carbocycles. The van der Waals surface area contributed by atoms with Crippen molar-refractivity contribution in [2.75, 3.05) is 19.8 Å². The predicted octanol–water partition coefficient (Wildman–Crippen LogP) is 4.29. The van der Waals surface area contributed by atoms with Gasteiger partial charge in [-0.3, -0.25) is 4.99 Å². The molecule has 3 rings (SSSR count). The first-order chi connectivity index (χ1) is 11.8. The van der Waals surface area contributed by atoms with Crippen LogP contribution in [-0.2, 0) is 9.47 Å². The van der Waals surface area contributed by atoms with E-state index in [1.807, 2.05) is 13.8 Å². The molecule has 0 N–H and O–H groups in total. The van der Waals surface area contributed by atoms with Crippen LogP contribution in [0, 0.1) is 0 Å². The van der Waals surface area contributed by atoms with Crippen LogP contribution in [0.25, 0.3) is 21.5 Å². The van der Waals surface area contributed by atoms with Crippen molar-refractivity contribution < 1.29 is 9.47 Å². The highest BCUT2D eigenvalue weighted by Gasteiger charge is 2.07. The molecule has 0 saturated heterocycles. The lowest BCUT2D eigenvalue weighted by molar-refractivity contribution is -0.128. The van der Waals surface area contributed by atoms with Crippen LogP contribution in [0.3, 0.4) is 0 Å². The summed E-state index contributed by atoms with van der Waals surface area (Å²) >= 11 is 0. The second kappa shape index (κ2) is 8.04. The van der Waals surface area contributed by atoms with E-state index in [0.717, 1.165) is 16.1 Å². The lowest BCUT2D eigenvalue weighted by atomic mass is 10.1. The maximum Gasteiger partial charge on any atom is 0.176 e. The van der Waals surface area contributed by atoms with E-state index < -0.39 is 0 Å². The Kier molecular flexibility index (Phi) is 5.57. The van der Waals surface area contributed by atoms with E-state index in [1.165, 1.54) is 10.8 Å². The monoisotopic (exact) mass is 321 g/mol. The predicted molar refractivity (Wildman–Crippen MR) is 98.9 cm³/mol. The first kappa shape index (κ1) is 16.6. The Bertz CT molecular complexity index is 822. The summed E-state index contributed by atoms with van der Waals surface area (Å²) in [5.74, 6) is 0. The number of fused-ring (bicyclic) bond motifs is 2. The molecule has 0 fully saturated rings. The first-order valence-electron chi connectivity index (χ1n) is 8.48. The molecule has 0 aliphatic rings. The van der Waals surface area contributed by atoms with Gasteiger partial charge < -0.3 is 9.47 Å². The van der Waals surface area contributed by atoms with Crippen LogP contribution >= 0.6 is 0 Å². The SMILES string of the molecule is CCOC(CN=c1c2ccccc2ccc2ccccc12)OCC. The van der Waals surface area contributed by atoms with Crippen molar-refractivity contribution in [1.29, 1.82) is 0 Å². The van der Waals surface area contributed by atoms with Crippen LogP contribution in [0.4, 0.5) is 0 Å². The fourth-order valence-electron chi connectivity index (χ4n) is 2.90. The first-order valence-corrected chi connectivity index (χ1v) is 8.48. The van der Waals surface area contributed by atoms with Crippen molar-refractivity contribution in [1.82, 2.24) is 0 Å². The zero-order valence-corrected chi connectivity index (χ0v) is 14.2. The van der Waals surface area contributed by atoms with Crippen molar-refractivity contribution in [3.63, 3.8) is 0 Å². The molecule has 3 aromatic rings. The standard InChI is InChI=1S/C21H23NO2/c1-3-23-20(24-4-2)15-22-21-18-11-7-5-9-16(18)13-14-17-10-6-8-12-19(17)21/h5-14,20H,3-4,15H2,1-2H3. The molecule has 3 nitrogen and oxygen atoms in total. The smallest absolute Gasteiger partial charge is 0.176 e. The molecule has 24 heavy (non-hydrogen) atoms. The van der Waals surface area contributed by atoms with Crippen LogP contribution in [0.1, 0.15) is 13.8 Å². The van der Waals surface area contributed by atoms with E-state index in [4.69, 9.17) is 14.5 Å². The van der Waals surface area contributed by atoms with Gasteiger partial charge in [0, 0.05) is 24.0 Å². The summed E-state index contributed by atoms with van der Waals surface area (Å²) < 4.78 is 11.3. The van der Waals surface area contributed by atoms with Crippen molar-refractivity contribution in [2.24, 2.45) is 4.99 Å². The molecule has 0 aliphatic heterocycles. The Labute approximate surface area is 142 Å². The molecular weight excluding hydrogens is 298 g/mol. The average Bonchev–Trinajstić information content (AvgIpc) is 2.77. The van der Waals surface area contributed by atoms with Crippen LogP contribution < -0.4 is 5.36 Å². The summed E-state index contributed by atoms with van der Waals surface area (Å²) in [6, 6.07) is 21.0. The highest BCUT2D eigenvalue weighted by molar-refractivity contribution is 5.92. The largest absolute Gasteiger partial charge is 0.351 e. The van der Waals surface area contributed by atoms with Gasteiger partial charge in [0.25, 0.3) is 0 Å². The van der Waals surface area contributed by atoms with Gasteiger partial charge in [-0.1, -0.05) is 60.7 Å². The van der Waals surface area contributed by atoms with Gasteiger partial charge >= 0.3 is 0 Å². The molecule has 124 valence electrons. The maximum absolute atomic E-state index is 5.64. The number of ether oxygens (including phenoxy) is 2. The topological polar surface area (TPSA) is 30.8 Å². The Morgan fingerprint density at radius 1 is 0.750 bits per heavy atom. The summed E-state index contributed by atoms with van der Waals surface area (Å²) in [5, 5.41) is 5.64. The van der Waals surface area contributed by atoms with Gasteiger partial charge in [-0.05, 0) is 24.6 Å². The average molecular weight is 321 g/mol. The lowest BCUT2D eigenvalue weighted by Gasteiger charge is -2.14. The fraction of sp³-hybridized carbons (Fsp3) is 0.286. The van der Waals surface area contributed by atoms with Crippen LogP contribution in [0.15, 0.2) is 65.7 Å². The number of nitrogens with zero attached hydrogens (tertiary/aromatic N) is 1. The molecule has 0 spiro atoms. The van der Waals surface area contributed by atoms with Gasteiger partial charge in [-0.2, -0.15) is 0 Å². The van der Waals surface area contributed by atoms with Gasteiger partial charge in [0.2, 0.25) is 0 Å². The molecule has 0 saturated carbocycles. The minimum absolute atomic E-state index is 0.303. The van der Waals surface area contributed by atoms with E-state index >= 15 is 0 Å². The van der Waals surface area contributed by atoms with Crippen LogP contribution in [-0.4, -0.2) is 26.0 Å². The molecule has 0 heterocycles. The molecule has 0 unspecified atom stereocenters. The fourth-order valence-corrected chi connectivity index (χ4v) is 2.90. The minimum Gasteiger partial charge on any atom is -0.351 e. The van der Waals surface area contributed by atoms with Crippen LogP contribution in [0.2, 0.25) is 0 Å². The minimum atomic E-state index is -0.303. The number of benzene rings is 2. The summed E-state index contributed by atoms with van der Waals surface area (Å²) in [4.78, 5) is 4.89. The number of hydrogen-bond donors (Lipinski definition) is 0. The Morgan fingerprint density at radius 3 is 1.75 bits per heavy atom. The van der Waals surface area contributed by atoms with Crippen molar-refractivity contribution in [3.05, 3.63) is 66.0 Å². The summed E-state index contributed by atoms with van der Waals surface area (Å²) in [5.41, 5.74) is 0. The zero-order chi connectivity index (χ0) is 16.8. The molecular formula is C21H23NO2. The van der Waals surface area contributed by atoms with Crippen molar-refractivity contribution >= 4 is 21.5 Å². The maximum atomic E-state index is 5.64. The van der Waals surface area contributed by atoms with Crippen molar-refractivity contribution in [3.8, 4) is 0 Å². The number of rotatable bonds is 6. The Hall–Kier alpha value is -2.23. The Balaban J connectivity index is 2.21. The third-order valence-corrected chi connectivity index (χ3v) is 3.98. The lowest BCUT2D eigenvalue weighted by Crippen LogP contribution is -2.22. The van der Waals surface area contributed by atoms with E-state index in [9.17, 15) is 0 Å². The van der Waals surface area contributed by atoms with Crippen molar-refractivity contribution in [2.45, 2.75) is 20.1 Å². The summed E-state index contributed by atoms with van der Waals surface area (Å²) in [7, 11) is 0. The molecule has 0 amide bonds. The summed E-state index contributed by atoms with van der Waals surface area (Å²) in [6.45, 7) is 5.66. The van der Waals surface area contributed by atoms with E-state index in [1.54, 1.807) is 0 Å². The highest BCUT2D eigenvalue weighted by Crippen LogP contribution is 2.15. The van der Waals surface area contributed by atoms with Gasteiger partial charge in [-0.15, -0.1) is 0 Å². The normalized spacial score (nSPS) is 11.3. The Morgan fingerprint density at radius 2 is 1.25 bits per heavy atom. The third kappa shape index (κ3) is 3.64. The van der Waals surface area contributed by atoms with E-state index in [0.29, 0.717) is 19.8 Å². The molecule has 0 atom stereocenters. The van der Waals surface area contributed by atoms with Crippen LogP contribution in [0.5, 0.6) is 0 Å². The summed E-state index contributed by atoms with van der Waals surface area (Å²) in [6.07, 6.45) is -0.303. The third-order valence-electron chi connectivity index (χ3n) is 3.98. The van der Waals surface area contributed by atoms with E-state index in [-0.39, 0.29) is 6.29 Å². The van der Waals surface area contributed by atoms with Gasteiger partial charge in [0.05, 0.1) is 11.9 Å². The zero-order valence-electron chi connectivity index (χ0n) is 14.2. The molecule has 0 radical (unpaired) electrons. The highest BCUT2D eigenvalue weighted by atomic mass is 16.7. The second-order valence-electron chi connectivity index (χ2n) is 5.54. The van der Waals surface area contributed by atoms with Gasteiger partial charge in [0.15, 0.2) is 6.29 Å². The molecule has 0 bridgehead atoms. The number of hydrogen-bond acceptors (Lipinski definition) is 3. The van der Waals surface area contributed by atoms with Gasteiger partial charge in [0.1, 0.15) is 0 Å². The quantitative estimate of drug-likeness (QED) is 0.634. The molecule has 0 aromatic heterocycles. The second-order valence-corrected chi connectivity index (χ2v) is 5.54.